The third-order valence-electron chi connectivity index (χ3n) is 6.36. The Bertz CT molecular complexity index is 319. The molecule has 3 saturated heterocycles. The van der Waals surface area contributed by atoms with E-state index in [-0.39, 0.29) is 0 Å². The average Bonchev–Trinajstić information content (AvgIpc) is 3.06. The molecule has 3 rings (SSSR count). The third kappa shape index (κ3) is 3.29. The van der Waals surface area contributed by atoms with Gasteiger partial charge in [0.1, 0.15) is 0 Å². The second-order valence-corrected chi connectivity index (χ2v) is 7.35. The molecule has 0 aliphatic carbocycles. The largest absolute Gasteiger partial charge is 0.329 e. The molecule has 0 aromatic heterocycles. The van der Waals surface area contributed by atoms with E-state index in [1.165, 1.54) is 84.3 Å². The van der Waals surface area contributed by atoms with Crippen molar-refractivity contribution in [3.8, 4) is 0 Å². The highest BCUT2D eigenvalue weighted by Crippen LogP contribution is 2.33. The monoisotopic (exact) mass is 294 g/mol. The van der Waals surface area contributed by atoms with E-state index in [4.69, 9.17) is 5.73 Å². The number of hydrogen-bond donors (Lipinski definition) is 1. The van der Waals surface area contributed by atoms with Crippen LogP contribution in [0.4, 0.5) is 0 Å². The molecule has 3 fully saturated rings. The summed E-state index contributed by atoms with van der Waals surface area (Å²) in [5.74, 6) is 0. The molecule has 0 saturated carbocycles. The maximum atomic E-state index is 6.26. The molecule has 0 aromatic rings. The molecule has 2 N–H and O–H groups in total. The fraction of sp³-hybridized carbons (Fsp3) is 1.00. The summed E-state index contributed by atoms with van der Waals surface area (Å²) in [5.41, 5.74) is 6.56. The molecule has 4 nitrogen and oxygen atoms in total. The van der Waals surface area contributed by atoms with Crippen LogP contribution in [0, 0.1) is 0 Å². The first-order valence-corrected chi connectivity index (χ1v) is 9.19. The molecule has 3 aliphatic heterocycles. The lowest BCUT2D eigenvalue weighted by Gasteiger charge is -2.47. The van der Waals surface area contributed by atoms with Crippen LogP contribution in [0.3, 0.4) is 0 Å². The minimum atomic E-state index is 0.302. The van der Waals surface area contributed by atoms with E-state index in [2.05, 4.69) is 21.6 Å². The van der Waals surface area contributed by atoms with Crippen molar-refractivity contribution in [1.82, 2.24) is 14.7 Å². The highest BCUT2D eigenvalue weighted by atomic mass is 15.3. The number of piperidine rings is 2. The topological polar surface area (TPSA) is 35.7 Å². The van der Waals surface area contributed by atoms with Gasteiger partial charge in [-0.15, -0.1) is 0 Å². The van der Waals surface area contributed by atoms with Crippen LogP contribution in [0.25, 0.3) is 0 Å². The van der Waals surface area contributed by atoms with Crippen molar-refractivity contribution < 1.29 is 0 Å². The van der Waals surface area contributed by atoms with E-state index in [1.54, 1.807) is 0 Å². The zero-order chi connectivity index (χ0) is 14.7. The van der Waals surface area contributed by atoms with Gasteiger partial charge in [-0.25, -0.2) is 0 Å². The van der Waals surface area contributed by atoms with Crippen molar-refractivity contribution in [3.05, 3.63) is 0 Å². The summed E-state index contributed by atoms with van der Waals surface area (Å²) in [6.45, 7) is 12.0. The van der Waals surface area contributed by atoms with Gasteiger partial charge in [-0.1, -0.05) is 13.3 Å². The Morgan fingerprint density at radius 3 is 2.33 bits per heavy atom. The summed E-state index contributed by atoms with van der Waals surface area (Å²) in [6.07, 6.45) is 8.15. The van der Waals surface area contributed by atoms with Gasteiger partial charge < -0.3 is 10.6 Å². The molecule has 0 spiro atoms. The van der Waals surface area contributed by atoms with Gasteiger partial charge in [-0.05, 0) is 64.8 Å². The first-order valence-electron chi connectivity index (χ1n) is 9.19. The van der Waals surface area contributed by atoms with Crippen molar-refractivity contribution in [2.24, 2.45) is 5.73 Å². The van der Waals surface area contributed by atoms with E-state index >= 15 is 0 Å². The molecule has 0 aromatic carbocycles. The highest BCUT2D eigenvalue weighted by molar-refractivity contribution is 5.00. The number of likely N-dealkylation sites (tertiary alicyclic amines) is 3. The van der Waals surface area contributed by atoms with Crippen molar-refractivity contribution in [3.63, 3.8) is 0 Å². The van der Waals surface area contributed by atoms with Crippen LogP contribution in [0.15, 0.2) is 0 Å². The molecule has 21 heavy (non-hydrogen) atoms. The van der Waals surface area contributed by atoms with Gasteiger partial charge in [0.25, 0.3) is 0 Å². The van der Waals surface area contributed by atoms with Gasteiger partial charge in [-0.3, -0.25) is 9.80 Å². The Balaban J connectivity index is 1.58. The van der Waals surface area contributed by atoms with E-state index in [1.807, 2.05) is 0 Å². The Morgan fingerprint density at radius 1 is 1.00 bits per heavy atom. The molecule has 0 amide bonds. The number of nitrogens with zero attached hydrogens (tertiary/aromatic N) is 3. The maximum absolute atomic E-state index is 6.26. The zero-order valence-electron chi connectivity index (χ0n) is 13.9. The Labute approximate surface area is 130 Å². The minimum absolute atomic E-state index is 0.302. The second-order valence-electron chi connectivity index (χ2n) is 7.35. The summed E-state index contributed by atoms with van der Waals surface area (Å²) in [5, 5.41) is 0. The molecule has 122 valence electrons. The number of hydrogen-bond acceptors (Lipinski definition) is 4. The smallest absolute Gasteiger partial charge is 0.0356 e. The molecule has 0 radical (unpaired) electrons. The van der Waals surface area contributed by atoms with Gasteiger partial charge >= 0.3 is 0 Å². The first kappa shape index (κ1) is 15.7. The summed E-state index contributed by atoms with van der Waals surface area (Å²) < 4.78 is 0. The van der Waals surface area contributed by atoms with Crippen LogP contribution in [0.5, 0.6) is 0 Å². The normalized spacial score (nSPS) is 32.6. The summed E-state index contributed by atoms with van der Waals surface area (Å²) >= 11 is 0. The molecule has 0 bridgehead atoms. The number of nitrogens with two attached hydrogens (primary N) is 1. The Morgan fingerprint density at radius 2 is 1.71 bits per heavy atom. The lowest BCUT2D eigenvalue weighted by atomic mass is 9.86. The fourth-order valence-electron chi connectivity index (χ4n) is 4.69. The second kappa shape index (κ2) is 6.95. The molecule has 1 atom stereocenters. The first-order chi connectivity index (χ1) is 10.3. The molecular formula is C17H34N4. The van der Waals surface area contributed by atoms with Crippen molar-refractivity contribution >= 4 is 0 Å². The van der Waals surface area contributed by atoms with Crippen LogP contribution < -0.4 is 5.73 Å². The van der Waals surface area contributed by atoms with E-state index in [9.17, 15) is 0 Å². The van der Waals surface area contributed by atoms with E-state index < -0.39 is 0 Å². The quantitative estimate of drug-likeness (QED) is 0.849. The SMILES string of the molecule is CCN1CCC(CN)(N2CCC(N3CCCCC3)C2)CC1. The zero-order valence-corrected chi connectivity index (χ0v) is 13.9. The summed E-state index contributed by atoms with van der Waals surface area (Å²) in [7, 11) is 0. The molecule has 4 heteroatoms. The van der Waals surface area contributed by atoms with Crippen LogP contribution in [0.2, 0.25) is 0 Å². The summed E-state index contributed by atoms with van der Waals surface area (Å²) in [4.78, 5) is 8.10. The van der Waals surface area contributed by atoms with Gasteiger partial charge in [0, 0.05) is 31.2 Å². The molecule has 3 aliphatic rings. The van der Waals surface area contributed by atoms with E-state index in [0.29, 0.717) is 5.54 Å². The fourth-order valence-corrected chi connectivity index (χ4v) is 4.69. The molecule has 1 unspecified atom stereocenters. The highest BCUT2D eigenvalue weighted by Gasteiger charge is 2.42. The van der Waals surface area contributed by atoms with Gasteiger partial charge in [-0.2, -0.15) is 0 Å². The average molecular weight is 294 g/mol. The molecular weight excluding hydrogens is 260 g/mol. The van der Waals surface area contributed by atoms with Crippen LogP contribution in [-0.4, -0.2) is 78.6 Å². The van der Waals surface area contributed by atoms with Crippen LogP contribution in [-0.2, 0) is 0 Å². The van der Waals surface area contributed by atoms with Crippen molar-refractivity contribution in [2.75, 3.05) is 52.4 Å². The predicted octanol–water partition coefficient (Wildman–Crippen LogP) is 1.36. The maximum Gasteiger partial charge on any atom is 0.0356 e. The van der Waals surface area contributed by atoms with Crippen LogP contribution in [0.1, 0.15) is 45.4 Å². The van der Waals surface area contributed by atoms with E-state index in [0.717, 1.165) is 12.6 Å². The standard InChI is InChI=1S/C17H34N4/c1-2-19-12-7-17(15-18,8-13-19)21-11-6-16(14-21)20-9-4-3-5-10-20/h16H,2-15,18H2,1H3. The molecule has 3 heterocycles. The van der Waals surface area contributed by atoms with Gasteiger partial charge in [0.15, 0.2) is 0 Å². The van der Waals surface area contributed by atoms with Crippen molar-refractivity contribution in [2.45, 2.75) is 57.0 Å². The van der Waals surface area contributed by atoms with Crippen molar-refractivity contribution in [1.29, 1.82) is 0 Å². The Hall–Kier alpha value is -0.160. The van der Waals surface area contributed by atoms with Gasteiger partial charge in [0.05, 0.1) is 0 Å². The van der Waals surface area contributed by atoms with Gasteiger partial charge in [0.2, 0.25) is 0 Å². The summed E-state index contributed by atoms with van der Waals surface area (Å²) in [6, 6.07) is 0.804. The lowest BCUT2D eigenvalue weighted by Crippen LogP contribution is -2.59. The lowest BCUT2D eigenvalue weighted by molar-refractivity contribution is 0.0380. The third-order valence-corrected chi connectivity index (χ3v) is 6.36. The van der Waals surface area contributed by atoms with Crippen LogP contribution >= 0.6 is 0 Å². The number of rotatable bonds is 4. The minimum Gasteiger partial charge on any atom is -0.329 e. The Kier molecular flexibility index (Phi) is 5.20. The predicted molar refractivity (Wildman–Crippen MR) is 88.5 cm³/mol.